The lowest BCUT2D eigenvalue weighted by atomic mass is 10.2. The highest BCUT2D eigenvalue weighted by Crippen LogP contribution is 2.18. The van der Waals surface area contributed by atoms with Gasteiger partial charge in [0, 0.05) is 17.4 Å². The van der Waals surface area contributed by atoms with Gasteiger partial charge in [0.15, 0.2) is 0 Å². The minimum Gasteiger partial charge on any atom is -0.284 e. The van der Waals surface area contributed by atoms with Crippen LogP contribution in [0.4, 0.5) is 0 Å². The van der Waals surface area contributed by atoms with Gasteiger partial charge in [-0.3, -0.25) is 14.2 Å². The molecule has 0 spiro atoms. The van der Waals surface area contributed by atoms with Gasteiger partial charge in [-0.2, -0.15) is 0 Å². The van der Waals surface area contributed by atoms with E-state index in [1.807, 2.05) is 0 Å². The van der Waals surface area contributed by atoms with Gasteiger partial charge in [0.2, 0.25) is 0 Å². The summed E-state index contributed by atoms with van der Waals surface area (Å²) in [5.74, 6) is 1.15. The van der Waals surface area contributed by atoms with Gasteiger partial charge in [-0.1, -0.05) is 17.7 Å². The highest BCUT2D eigenvalue weighted by Gasteiger charge is 2.13. The van der Waals surface area contributed by atoms with Crippen molar-refractivity contribution < 1.29 is 0 Å². The number of nitrogens with zero attached hydrogens (tertiary/aromatic N) is 6. The van der Waals surface area contributed by atoms with Crippen LogP contribution in [0.2, 0.25) is 5.02 Å². The largest absolute Gasteiger partial charge is 0.284 e. The molecular formula is C21H15ClN6O2. The van der Waals surface area contributed by atoms with Crippen LogP contribution in [0.1, 0.15) is 11.6 Å². The van der Waals surface area contributed by atoms with Crippen molar-refractivity contribution in [3.8, 4) is 5.69 Å². The van der Waals surface area contributed by atoms with Crippen molar-refractivity contribution in [1.29, 1.82) is 0 Å². The molecule has 0 radical (unpaired) electrons. The van der Waals surface area contributed by atoms with Gasteiger partial charge in [0.05, 0.1) is 27.5 Å². The summed E-state index contributed by atoms with van der Waals surface area (Å²) >= 11 is 6.07. The molecule has 0 aliphatic carbocycles. The van der Waals surface area contributed by atoms with Crippen LogP contribution < -0.4 is 11.1 Å². The highest BCUT2D eigenvalue weighted by molar-refractivity contribution is 6.30. The maximum absolute atomic E-state index is 13.2. The third kappa shape index (κ3) is 2.73. The number of benzene rings is 1. The SMILES string of the molecule is Cc1nnc(C)n1-n1ccc2nc3ccn(-c4cccc(Cl)c4)c(=O)c3cc2c1=O. The molecule has 0 amide bonds. The summed E-state index contributed by atoms with van der Waals surface area (Å²) in [6, 6.07) is 12.1. The predicted octanol–water partition coefficient (Wildman–Crippen LogP) is 2.87. The molecule has 0 aliphatic rings. The smallest absolute Gasteiger partial charge is 0.279 e. The van der Waals surface area contributed by atoms with E-state index in [4.69, 9.17) is 11.6 Å². The second kappa shape index (κ2) is 6.64. The number of pyridine rings is 3. The van der Waals surface area contributed by atoms with E-state index >= 15 is 0 Å². The fourth-order valence-corrected chi connectivity index (χ4v) is 3.76. The lowest BCUT2D eigenvalue weighted by Crippen LogP contribution is -2.28. The van der Waals surface area contributed by atoms with Crippen LogP contribution in [0.25, 0.3) is 27.5 Å². The minimum atomic E-state index is -0.314. The van der Waals surface area contributed by atoms with Gasteiger partial charge >= 0.3 is 0 Å². The molecule has 0 saturated carbocycles. The molecule has 0 fully saturated rings. The van der Waals surface area contributed by atoms with E-state index in [0.717, 1.165) is 0 Å². The molecule has 9 heteroatoms. The van der Waals surface area contributed by atoms with Crippen LogP contribution >= 0.6 is 11.6 Å². The molecule has 0 aliphatic heterocycles. The fourth-order valence-electron chi connectivity index (χ4n) is 3.58. The lowest BCUT2D eigenvalue weighted by molar-refractivity contribution is 0.595. The molecule has 4 aromatic heterocycles. The van der Waals surface area contributed by atoms with Gasteiger partial charge in [0.25, 0.3) is 11.1 Å². The van der Waals surface area contributed by atoms with E-state index in [1.165, 1.54) is 9.24 Å². The summed E-state index contributed by atoms with van der Waals surface area (Å²) < 4.78 is 4.51. The Bertz CT molecular complexity index is 1560. The number of aromatic nitrogens is 6. The topological polar surface area (TPSA) is 87.6 Å². The summed E-state index contributed by atoms with van der Waals surface area (Å²) in [5, 5.41) is 9.21. The van der Waals surface area contributed by atoms with Crippen LogP contribution in [0.5, 0.6) is 0 Å². The molecule has 8 nitrogen and oxygen atoms in total. The second-order valence-electron chi connectivity index (χ2n) is 6.90. The molecular weight excluding hydrogens is 404 g/mol. The van der Waals surface area contributed by atoms with E-state index < -0.39 is 0 Å². The first-order chi connectivity index (χ1) is 14.4. The van der Waals surface area contributed by atoms with Gasteiger partial charge in [0.1, 0.15) is 11.6 Å². The Balaban J connectivity index is 1.80. The quantitative estimate of drug-likeness (QED) is 0.411. The summed E-state index contributed by atoms with van der Waals surface area (Å²) in [5.41, 5.74) is 1.06. The molecule has 1 aromatic carbocycles. The monoisotopic (exact) mass is 418 g/mol. The maximum atomic E-state index is 13.2. The average molecular weight is 419 g/mol. The number of halogens is 1. The number of aryl methyl sites for hydroxylation is 2. The molecule has 148 valence electrons. The standard InChI is InChI=1S/C21H15ClN6O2/c1-12-24-25-13(2)28(12)27-9-7-19-17(21(27)30)11-16-18(23-19)6-8-26(20(16)29)15-5-3-4-14(22)10-15/h3-11H,1-2H3. The fraction of sp³-hybridized carbons (Fsp3) is 0.0952. The Kier molecular flexibility index (Phi) is 4.04. The van der Waals surface area contributed by atoms with E-state index in [9.17, 15) is 9.59 Å². The third-order valence-electron chi connectivity index (χ3n) is 4.98. The molecule has 0 N–H and O–H groups in total. The van der Waals surface area contributed by atoms with Gasteiger partial charge < -0.3 is 0 Å². The Hall–Kier alpha value is -3.78. The first-order valence-corrected chi connectivity index (χ1v) is 9.55. The summed E-state index contributed by atoms with van der Waals surface area (Å²) in [6.07, 6.45) is 3.28. The number of hydrogen-bond acceptors (Lipinski definition) is 5. The Morgan fingerprint density at radius 1 is 0.833 bits per heavy atom. The number of fused-ring (bicyclic) bond motifs is 2. The van der Waals surface area contributed by atoms with Crippen molar-refractivity contribution >= 4 is 33.4 Å². The zero-order chi connectivity index (χ0) is 21.0. The molecule has 30 heavy (non-hydrogen) atoms. The Morgan fingerprint density at radius 3 is 2.20 bits per heavy atom. The van der Waals surface area contributed by atoms with Crippen molar-refractivity contribution in [3.63, 3.8) is 0 Å². The lowest BCUT2D eigenvalue weighted by Gasteiger charge is -2.11. The van der Waals surface area contributed by atoms with Gasteiger partial charge in [-0.15, -0.1) is 10.2 Å². The van der Waals surface area contributed by atoms with Crippen LogP contribution in [-0.2, 0) is 0 Å². The second-order valence-corrected chi connectivity index (χ2v) is 7.33. The normalized spacial score (nSPS) is 11.4. The van der Waals surface area contributed by atoms with Crippen LogP contribution in [0, 0.1) is 13.8 Å². The number of rotatable bonds is 2. The summed E-state index contributed by atoms with van der Waals surface area (Å²) in [6.45, 7) is 3.53. The molecule has 0 bridgehead atoms. The average Bonchev–Trinajstić information content (AvgIpc) is 3.06. The Labute approximate surface area is 174 Å². The molecule has 0 unspecified atom stereocenters. The molecule has 4 heterocycles. The first-order valence-electron chi connectivity index (χ1n) is 9.17. The van der Waals surface area contributed by atoms with Crippen LogP contribution in [-0.4, -0.2) is 29.1 Å². The molecule has 0 atom stereocenters. The van der Waals surface area contributed by atoms with Crippen molar-refractivity contribution in [3.05, 3.63) is 92.2 Å². The van der Waals surface area contributed by atoms with Crippen LogP contribution in [0.3, 0.4) is 0 Å². The van der Waals surface area contributed by atoms with Gasteiger partial charge in [-0.25, -0.2) is 14.3 Å². The van der Waals surface area contributed by atoms with E-state index in [1.54, 1.807) is 73.4 Å². The van der Waals surface area contributed by atoms with Crippen molar-refractivity contribution in [2.75, 3.05) is 0 Å². The van der Waals surface area contributed by atoms with Crippen molar-refractivity contribution in [1.82, 2.24) is 29.1 Å². The van der Waals surface area contributed by atoms with E-state index in [-0.39, 0.29) is 11.1 Å². The van der Waals surface area contributed by atoms with Gasteiger partial charge in [-0.05, 0) is 50.2 Å². The zero-order valence-electron chi connectivity index (χ0n) is 16.1. The van der Waals surface area contributed by atoms with Crippen molar-refractivity contribution in [2.45, 2.75) is 13.8 Å². The predicted molar refractivity (Wildman–Crippen MR) is 114 cm³/mol. The third-order valence-corrected chi connectivity index (χ3v) is 5.21. The summed E-state index contributed by atoms with van der Waals surface area (Å²) in [7, 11) is 0. The summed E-state index contributed by atoms with van der Waals surface area (Å²) in [4.78, 5) is 30.9. The van der Waals surface area contributed by atoms with E-state index in [0.29, 0.717) is 44.2 Å². The molecule has 5 rings (SSSR count). The Morgan fingerprint density at radius 2 is 1.50 bits per heavy atom. The first kappa shape index (κ1) is 18.3. The highest BCUT2D eigenvalue weighted by atomic mass is 35.5. The maximum Gasteiger partial charge on any atom is 0.279 e. The van der Waals surface area contributed by atoms with Crippen molar-refractivity contribution in [2.24, 2.45) is 0 Å². The zero-order valence-corrected chi connectivity index (χ0v) is 16.8. The minimum absolute atomic E-state index is 0.282. The molecule has 5 aromatic rings. The number of hydrogen-bond donors (Lipinski definition) is 0. The molecule has 0 saturated heterocycles. The van der Waals surface area contributed by atoms with E-state index in [2.05, 4.69) is 15.2 Å². The van der Waals surface area contributed by atoms with Crippen LogP contribution in [0.15, 0.2) is 64.4 Å².